The van der Waals surface area contributed by atoms with Crippen molar-refractivity contribution in [2.24, 2.45) is 0 Å². The van der Waals surface area contributed by atoms with Gasteiger partial charge in [-0.3, -0.25) is 9.69 Å². The van der Waals surface area contributed by atoms with Gasteiger partial charge in [0.1, 0.15) is 5.52 Å². The van der Waals surface area contributed by atoms with Crippen LogP contribution in [0.2, 0.25) is 0 Å². The van der Waals surface area contributed by atoms with E-state index < -0.39 is 0 Å². The average molecular weight is 513 g/mol. The Balaban J connectivity index is 1.10. The van der Waals surface area contributed by atoms with E-state index in [-0.39, 0.29) is 5.56 Å². The number of H-pyrrole nitrogens is 1. The standard InChI is InChI=1S/C33H28N4O2/c38-32-27-20-26(23-6-2-1-3-7-23)31(35-28(27)14-17-34-32)24-12-10-22(11-13-24)21-37-18-15-25(16-19-37)33-36-29-8-4-5-9-30(29)39-33/h1-14,17,20,25H,15-16,18-19,21H2,(H,34,38). The van der Waals surface area contributed by atoms with Crippen LogP contribution in [-0.4, -0.2) is 32.9 Å². The van der Waals surface area contributed by atoms with Gasteiger partial charge >= 0.3 is 0 Å². The lowest BCUT2D eigenvalue weighted by atomic mass is 9.95. The third-order valence-electron chi connectivity index (χ3n) is 7.72. The molecular weight excluding hydrogens is 484 g/mol. The molecule has 1 N–H and O–H groups in total. The highest BCUT2D eigenvalue weighted by Crippen LogP contribution is 2.34. The zero-order chi connectivity index (χ0) is 26.2. The van der Waals surface area contributed by atoms with Crippen LogP contribution < -0.4 is 5.56 Å². The van der Waals surface area contributed by atoms with Crippen LogP contribution in [0.1, 0.15) is 30.2 Å². The number of benzene rings is 3. The van der Waals surface area contributed by atoms with Crippen molar-refractivity contribution >= 4 is 22.0 Å². The minimum absolute atomic E-state index is 0.126. The molecule has 6 heteroatoms. The molecule has 0 atom stereocenters. The molecule has 3 aromatic carbocycles. The number of likely N-dealkylation sites (tertiary alicyclic amines) is 1. The van der Waals surface area contributed by atoms with E-state index in [9.17, 15) is 4.79 Å². The Morgan fingerprint density at radius 2 is 1.59 bits per heavy atom. The molecule has 7 rings (SSSR count). The molecule has 0 bridgehead atoms. The smallest absolute Gasteiger partial charge is 0.257 e. The molecular formula is C33H28N4O2. The molecule has 0 aliphatic carbocycles. The SMILES string of the molecule is O=c1[nH]ccc2nc(-c3ccc(CN4CCC(c5nc6ccccc6o5)CC4)cc3)c(-c3ccccc3)cc12. The van der Waals surface area contributed by atoms with E-state index >= 15 is 0 Å². The number of hydrogen-bond donors (Lipinski definition) is 1. The summed E-state index contributed by atoms with van der Waals surface area (Å²) in [6.45, 7) is 2.95. The summed E-state index contributed by atoms with van der Waals surface area (Å²) in [5, 5.41) is 0.595. The Bertz CT molecular complexity index is 1780. The van der Waals surface area contributed by atoms with Crippen molar-refractivity contribution in [3.63, 3.8) is 0 Å². The second-order valence-corrected chi connectivity index (χ2v) is 10.3. The van der Waals surface area contributed by atoms with Gasteiger partial charge in [-0.25, -0.2) is 9.97 Å². The fourth-order valence-corrected chi connectivity index (χ4v) is 5.60. The highest BCUT2D eigenvalue weighted by Gasteiger charge is 2.24. The topological polar surface area (TPSA) is 75.0 Å². The second-order valence-electron chi connectivity index (χ2n) is 10.3. The number of piperidine rings is 1. The van der Waals surface area contributed by atoms with Gasteiger partial charge in [0.25, 0.3) is 5.56 Å². The van der Waals surface area contributed by atoms with Crippen molar-refractivity contribution in [2.75, 3.05) is 13.1 Å². The number of fused-ring (bicyclic) bond motifs is 2. The van der Waals surface area contributed by atoms with E-state index in [1.54, 1.807) is 6.20 Å². The van der Waals surface area contributed by atoms with Gasteiger partial charge in [0, 0.05) is 29.8 Å². The fourth-order valence-electron chi connectivity index (χ4n) is 5.60. The maximum Gasteiger partial charge on any atom is 0.257 e. The molecule has 0 saturated carbocycles. The van der Waals surface area contributed by atoms with Crippen molar-refractivity contribution in [3.05, 3.63) is 119 Å². The highest BCUT2D eigenvalue weighted by molar-refractivity contribution is 5.91. The van der Waals surface area contributed by atoms with Crippen LogP contribution in [0, 0.1) is 0 Å². The molecule has 4 heterocycles. The number of rotatable bonds is 5. The molecule has 0 amide bonds. The monoisotopic (exact) mass is 512 g/mol. The van der Waals surface area contributed by atoms with Gasteiger partial charge in [-0.2, -0.15) is 0 Å². The Morgan fingerprint density at radius 1 is 0.821 bits per heavy atom. The zero-order valence-electron chi connectivity index (χ0n) is 21.5. The van der Waals surface area contributed by atoms with E-state index in [2.05, 4.69) is 46.3 Å². The van der Waals surface area contributed by atoms with Crippen molar-refractivity contribution < 1.29 is 4.42 Å². The first-order valence-corrected chi connectivity index (χ1v) is 13.5. The summed E-state index contributed by atoms with van der Waals surface area (Å²) in [4.78, 5) is 27.4. The van der Waals surface area contributed by atoms with Gasteiger partial charge in [0.2, 0.25) is 0 Å². The number of oxazole rings is 1. The van der Waals surface area contributed by atoms with Gasteiger partial charge in [0.15, 0.2) is 11.5 Å². The summed E-state index contributed by atoms with van der Waals surface area (Å²) in [6.07, 6.45) is 3.75. The molecule has 1 saturated heterocycles. The van der Waals surface area contributed by atoms with Gasteiger partial charge in [-0.15, -0.1) is 0 Å². The third-order valence-corrected chi connectivity index (χ3v) is 7.72. The Morgan fingerprint density at radius 3 is 2.38 bits per heavy atom. The first kappa shape index (κ1) is 23.6. The Hall–Kier alpha value is -4.55. The molecule has 1 aliphatic heterocycles. The van der Waals surface area contributed by atoms with E-state index in [1.807, 2.05) is 54.6 Å². The number of nitrogens with zero attached hydrogens (tertiary/aromatic N) is 3. The molecule has 0 spiro atoms. The van der Waals surface area contributed by atoms with Crippen LogP contribution in [0.25, 0.3) is 44.4 Å². The summed E-state index contributed by atoms with van der Waals surface area (Å²) in [7, 11) is 0. The summed E-state index contributed by atoms with van der Waals surface area (Å²) >= 11 is 0. The normalized spacial score (nSPS) is 14.8. The van der Waals surface area contributed by atoms with Crippen LogP contribution in [0.4, 0.5) is 0 Å². The van der Waals surface area contributed by atoms with E-state index in [0.29, 0.717) is 16.8 Å². The number of hydrogen-bond acceptors (Lipinski definition) is 5. The van der Waals surface area contributed by atoms with Gasteiger partial charge in [0.05, 0.1) is 16.6 Å². The predicted octanol–water partition coefficient (Wildman–Crippen LogP) is 6.78. The number of nitrogens with one attached hydrogen (secondary N) is 1. The summed E-state index contributed by atoms with van der Waals surface area (Å²) < 4.78 is 6.04. The van der Waals surface area contributed by atoms with Crippen LogP contribution >= 0.6 is 0 Å². The van der Waals surface area contributed by atoms with Crippen molar-refractivity contribution in [1.82, 2.24) is 19.9 Å². The molecule has 6 aromatic rings. The van der Waals surface area contributed by atoms with Crippen molar-refractivity contribution in [2.45, 2.75) is 25.3 Å². The van der Waals surface area contributed by atoms with E-state index in [0.717, 1.165) is 71.9 Å². The largest absolute Gasteiger partial charge is 0.440 e. The quantitative estimate of drug-likeness (QED) is 0.276. The summed E-state index contributed by atoms with van der Waals surface area (Å²) in [5.74, 6) is 1.25. The van der Waals surface area contributed by atoms with E-state index in [4.69, 9.17) is 14.4 Å². The molecule has 0 unspecified atom stereocenters. The van der Waals surface area contributed by atoms with Crippen LogP contribution in [-0.2, 0) is 6.54 Å². The molecule has 1 aliphatic rings. The van der Waals surface area contributed by atoms with E-state index in [1.165, 1.54) is 5.56 Å². The highest BCUT2D eigenvalue weighted by atomic mass is 16.3. The third kappa shape index (κ3) is 4.64. The maximum atomic E-state index is 12.5. The van der Waals surface area contributed by atoms with Gasteiger partial charge < -0.3 is 9.40 Å². The molecule has 6 nitrogen and oxygen atoms in total. The average Bonchev–Trinajstić information content (AvgIpc) is 3.43. The molecule has 39 heavy (non-hydrogen) atoms. The lowest BCUT2D eigenvalue weighted by molar-refractivity contribution is 0.194. The minimum Gasteiger partial charge on any atom is -0.440 e. The predicted molar refractivity (Wildman–Crippen MR) is 154 cm³/mol. The maximum absolute atomic E-state index is 12.5. The molecule has 192 valence electrons. The van der Waals surface area contributed by atoms with Crippen LogP contribution in [0.15, 0.2) is 106 Å². The first-order valence-electron chi connectivity index (χ1n) is 13.5. The molecule has 1 fully saturated rings. The fraction of sp³-hybridized carbons (Fsp3) is 0.182. The summed E-state index contributed by atoms with van der Waals surface area (Å²) in [5.41, 5.74) is 7.57. The Labute approximate surface area is 226 Å². The molecule has 0 radical (unpaired) electrons. The van der Waals surface area contributed by atoms with Crippen LogP contribution in [0.3, 0.4) is 0 Å². The first-order chi connectivity index (χ1) is 19.2. The van der Waals surface area contributed by atoms with Gasteiger partial charge in [-0.1, -0.05) is 66.7 Å². The summed E-state index contributed by atoms with van der Waals surface area (Å²) in [6, 6.07) is 30.6. The number of pyridine rings is 2. The van der Waals surface area contributed by atoms with Crippen LogP contribution in [0.5, 0.6) is 0 Å². The number of aromatic nitrogens is 3. The second kappa shape index (κ2) is 9.97. The molecule has 3 aromatic heterocycles. The zero-order valence-corrected chi connectivity index (χ0v) is 21.5. The number of aromatic amines is 1. The minimum atomic E-state index is -0.126. The van der Waals surface area contributed by atoms with Gasteiger partial charge in [-0.05, 0) is 61.3 Å². The lowest BCUT2D eigenvalue weighted by Gasteiger charge is -2.30. The van der Waals surface area contributed by atoms with Crippen molar-refractivity contribution in [3.8, 4) is 22.4 Å². The lowest BCUT2D eigenvalue weighted by Crippen LogP contribution is -2.32. The number of para-hydroxylation sites is 2. The Kier molecular flexibility index (Phi) is 6.02. The van der Waals surface area contributed by atoms with Crippen molar-refractivity contribution in [1.29, 1.82) is 0 Å².